The Morgan fingerprint density at radius 2 is 1.64 bits per heavy atom. The molecule has 2 saturated heterocycles. The Labute approximate surface area is 167 Å². The van der Waals surface area contributed by atoms with Gasteiger partial charge in [-0.2, -0.15) is 0 Å². The van der Waals surface area contributed by atoms with Crippen LogP contribution in [-0.2, 0) is 20.9 Å². The van der Waals surface area contributed by atoms with E-state index in [-0.39, 0.29) is 23.6 Å². The zero-order chi connectivity index (χ0) is 19.4. The molecule has 0 aliphatic carbocycles. The smallest absolute Gasteiger partial charge is 0.239 e. The second-order valence-electron chi connectivity index (χ2n) is 7.40. The molecule has 3 aliphatic rings. The minimum Gasteiger partial charge on any atom is -0.293 e. The molecule has 3 heterocycles. The molecular formula is C22H17ClN2O3. The Kier molecular flexibility index (Phi) is 3.96. The molecular weight excluding hydrogens is 376 g/mol. The van der Waals surface area contributed by atoms with Crippen molar-refractivity contribution in [3.8, 4) is 0 Å². The summed E-state index contributed by atoms with van der Waals surface area (Å²) in [6.45, 7) is 0.463. The van der Waals surface area contributed by atoms with E-state index in [1.807, 2.05) is 29.2 Å². The molecule has 140 valence electrons. The molecule has 6 heteroatoms. The molecule has 5 rings (SSSR count). The topological polar surface area (TPSA) is 57.7 Å². The number of rotatable bonds is 3. The van der Waals surface area contributed by atoms with Crippen LogP contribution in [0.15, 0.2) is 66.7 Å². The summed E-state index contributed by atoms with van der Waals surface area (Å²) in [4.78, 5) is 42.4. The van der Waals surface area contributed by atoms with Gasteiger partial charge < -0.3 is 0 Å². The third-order valence-electron chi connectivity index (χ3n) is 5.86. The Bertz CT molecular complexity index is 1020. The van der Waals surface area contributed by atoms with Gasteiger partial charge in [-0.3, -0.25) is 19.3 Å². The first kappa shape index (κ1) is 17.3. The van der Waals surface area contributed by atoms with Crippen molar-refractivity contribution in [2.75, 3.05) is 4.90 Å². The van der Waals surface area contributed by atoms with Crippen LogP contribution in [0.25, 0.3) is 0 Å². The number of carbonyl (C=O) groups excluding carboxylic acids is 3. The van der Waals surface area contributed by atoms with E-state index in [1.165, 1.54) is 11.0 Å². The summed E-state index contributed by atoms with van der Waals surface area (Å²) in [6.07, 6.45) is 3.29. The molecule has 2 aromatic rings. The van der Waals surface area contributed by atoms with Crippen LogP contribution in [0.1, 0.15) is 5.56 Å². The lowest BCUT2D eigenvalue weighted by Gasteiger charge is -2.33. The lowest BCUT2D eigenvalue weighted by Crippen LogP contribution is -2.48. The Morgan fingerprint density at radius 3 is 2.39 bits per heavy atom. The summed E-state index contributed by atoms with van der Waals surface area (Å²) in [7, 11) is 0. The molecule has 2 bridgehead atoms. The number of para-hydroxylation sites is 1. The highest BCUT2D eigenvalue weighted by Gasteiger charge is 2.64. The van der Waals surface area contributed by atoms with E-state index in [9.17, 15) is 14.4 Å². The van der Waals surface area contributed by atoms with Gasteiger partial charge in [0.05, 0.1) is 23.6 Å². The molecule has 0 aromatic heterocycles. The number of nitrogens with zero attached hydrogens (tertiary/aromatic N) is 2. The summed E-state index contributed by atoms with van der Waals surface area (Å²) < 4.78 is 0. The SMILES string of the molecule is O=C1C=C[C@H]2C3C(=O)N(c4ccccc4)C(=O)C3[C@@H]1N2Cc1cccc(Cl)c1. The van der Waals surface area contributed by atoms with Crippen molar-refractivity contribution in [3.63, 3.8) is 0 Å². The van der Waals surface area contributed by atoms with Crippen LogP contribution >= 0.6 is 11.6 Å². The van der Waals surface area contributed by atoms with Gasteiger partial charge in [0.2, 0.25) is 11.8 Å². The second kappa shape index (κ2) is 6.40. The minimum absolute atomic E-state index is 0.123. The molecule has 0 N–H and O–H groups in total. The lowest BCUT2D eigenvalue weighted by atomic mass is 9.90. The van der Waals surface area contributed by atoms with Crippen molar-refractivity contribution in [2.45, 2.75) is 18.6 Å². The number of hydrogen-bond acceptors (Lipinski definition) is 4. The van der Waals surface area contributed by atoms with Crippen LogP contribution in [0.4, 0.5) is 5.69 Å². The Morgan fingerprint density at radius 1 is 0.893 bits per heavy atom. The fourth-order valence-corrected chi connectivity index (χ4v) is 4.96. The fourth-order valence-electron chi connectivity index (χ4n) is 4.75. The summed E-state index contributed by atoms with van der Waals surface area (Å²) in [5, 5.41) is 0.617. The molecule has 28 heavy (non-hydrogen) atoms. The zero-order valence-corrected chi connectivity index (χ0v) is 15.6. The van der Waals surface area contributed by atoms with Crippen molar-refractivity contribution in [2.24, 2.45) is 11.8 Å². The Hall–Kier alpha value is -2.76. The average Bonchev–Trinajstić information content (AvgIpc) is 3.06. The van der Waals surface area contributed by atoms with Crippen LogP contribution in [0, 0.1) is 11.8 Å². The molecule has 5 nitrogen and oxygen atoms in total. The second-order valence-corrected chi connectivity index (χ2v) is 7.83. The maximum absolute atomic E-state index is 13.2. The van der Waals surface area contributed by atoms with Gasteiger partial charge in [-0.05, 0) is 35.9 Å². The van der Waals surface area contributed by atoms with E-state index in [1.54, 1.807) is 36.4 Å². The number of halogens is 1. The largest absolute Gasteiger partial charge is 0.293 e. The summed E-state index contributed by atoms with van der Waals surface area (Å²) in [5.41, 5.74) is 1.51. The molecule has 0 spiro atoms. The van der Waals surface area contributed by atoms with E-state index in [0.29, 0.717) is 17.3 Å². The number of ketones is 1. The molecule has 2 amide bonds. The molecule has 0 saturated carbocycles. The summed E-state index contributed by atoms with van der Waals surface area (Å²) >= 11 is 6.09. The van der Waals surface area contributed by atoms with E-state index in [2.05, 4.69) is 0 Å². The van der Waals surface area contributed by atoms with E-state index in [0.717, 1.165) is 5.56 Å². The van der Waals surface area contributed by atoms with Crippen molar-refractivity contribution in [1.82, 2.24) is 4.90 Å². The van der Waals surface area contributed by atoms with Crippen LogP contribution in [0.2, 0.25) is 5.02 Å². The highest BCUT2D eigenvalue weighted by Crippen LogP contribution is 2.47. The number of hydrogen-bond donors (Lipinski definition) is 0. The third kappa shape index (κ3) is 2.47. The van der Waals surface area contributed by atoms with Crippen molar-refractivity contribution in [1.29, 1.82) is 0 Å². The number of benzene rings is 2. The van der Waals surface area contributed by atoms with Crippen LogP contribution in [-0.4, -0.2) is 34.6 Å². The van der Waals surface area contributed by atoms with Gasteiger partial charge in [0.15, 0.2) is 5.78 Å². The predicted octanol–water partition coefficient (Wildman–Crippen LogP) is 2.84. The van der Waals surface area contributed by atoms with Gasteiger partial charge in [-0.15, -0.1) is 0 Å². The van der Waals surface area contributed by atoms with Crippen LogP contribution in [0.3, 0.4) is 0 Å². The van der Waals surface area contributed by atoms with Gasteiger partial charge in [-0.25, -0.2) is 4.90 Å². The normalized spacial score (nSPS) is 28.9. The number of anilines is 1. The van der Waals surface area contributed by atoms with E-state index in [4.69, 9.17) is 11.6 Å². The first-order valence-electron chi connectivity index (χ1n) is 9.21. The summed E-state index contributed by atoms with van der Waals surface area (Å²) in [5.74, 6) is -1.84. The molecule has 0 radical (unpaired) electrons. The quantitative estimate of drug-likeness (QED) is 0.754. The van der Waals surface area contributed by atoms with Crippen molar-refractivity contribution < 1.29 is 14.4 Å². The predicted molar refractivity (Wildman–Crippen MR) is 105 cm³/mol. The standard InChI is InChI=1S/C22H17ClN2O3/c23-14-6-4-5-13(11-14)12-24-16-9-10-17(26)20(24)19-18(16)21(27)25(22(19)28)15-7-2-1-3-8-15/h1-11,16,18-20H,12H2/t16-,18?,19?,20+/m0/s1. The van der Waals surface area contributed by atoms with E-state index >= 15 is 0 Å². The molecule has 2 unspecified atom stereocenters. The minimum atomic E-state index is -0.653. The molecule has 2 fully saturated rings. The van der Waals surface area contributed by atoms with Crippen LogP contribution < -0.4 is 4.90 Å². The lowest BCUT2D eigenvalue weighted by molar-refractivity contribution is -0.129. The fraction of sp³-hybridized carbons (Fsp3) is 0.227. The van der Waals surface area contributed by atoms with Crippen LogP contribution in [0.5, 0.6) is 0 Å². The van der Waals surface area contributed by atoms with Gasteiger partial charge in [0.25, 0.3) is 0 Å². The number of fused-ring (bicyclic) bond motifs is 5. The molecule has 2 aromatic carbocycles. The first-order chi connectivity index (χ1) is 13.6. The average molecular weight is 393 g/mol. The van der Waals surface area contributed by atoms with Crippen molar-refractivity contribution >= 4 is 34.9 Å². The third-order valence-corrected chi connectivity index (χ3v) is 6.10. The molecule has 4 atom stereocenters. The first-order valence-corrected chi connectivity index (χ1v) is 9.59. The maximum Gasteiger partial charge on any atom is 0.239 e. The maximum atomic E-state index is 13.2. The number of imide groups is 1. The van der Waals surface area contributed by atoms with Gasteiger partial charge in [-0.1, -0.05) is 48.0 Å². The highest BCUT2D eigenvalue weighted by molar-refractivity contribution is 6.30. The van der Waals surface area contributed by atoms with Gasteiger partial charge in [0, 0.05) is 17.6 Å². The van der Waals surface area contributed by atoms with Gasteiger partial charge in [0.1, 0.15) is 0 Å². The van der Waals surface area contributed by atoms with Gasteiger partial charge >= 0.3 is 0 Å². The van der Waals surface area contributed by atoms with E-state index < -0.39 is 17.9 Å². The number of carbonyl (C=O) groups is 3. The summed E-state index contributed by atoms with van der Waals surface area (Å²) in [6, 6.07) is 15.4. The Balaban J connectivity index is 1.52. The zero-order valence-electron chi connectivity index (χ0n) is 14.9. The number of amides is 2. The highest BCUT2D eigenvalue weighted by atomic mass is 35.5. The monoisotopic (exact) mass is 392 g/mol. The van der Waals surface area contributed by atoms with Crippen molar-refractivity contribution in [3.05, 3.63) is 77.3 Å². The molecule has 3 aliphatic heterocycles.